The minimum Gasteiger partial charge on any atom is -0.464 e. The Hall–Kier alpha value is -0.520. The van der Waals surface area contributed by atoms with Crippen molar-refractivity contribution in [3.63, 3.8) is 0 Å². The molecule has 0 aromatic carbocycles. The van der Waals surface area contributed by atoms with E-state index in [0.29, 0.717) is 18.1 Å². The fourth-order valence-corrected chi connectivity index (χ4v) is 2.64. The van der Waals surface area contributed by atoms with Gasteiger partial charge in [0.2, 0.25) is 10.0 Å². The Labute approximate surface area is 94.7 Å². The van der Waals surface area contributed by atoms with Crippen LogP contribution in [0.15, 0.2) is 15.4 Å². The van der Waals surface area contributed by atoms with E-state index in [4.69, 9.17) is 16.0 Å². The zero-order chi connectivity index (χ0) is 11.5. The van der Waals surface area contributed by atoms with Gasteiger partial charge >= 0.3 is 0 Å². The molecule has 0 spiro atoms. The molecule has 1 heterocycles. The normalized spacial score (nSPS) is 11.9. The Morgan fingerprint density at radius 1 is 1.53 bits per heavy atom. The van der Waals surface area contributed by atoms with E-state index in [1.54, 1.807) is 6.92 Å². The van der Waals surface area contributed by atoms with Crippen LogP contribution >= 0.6 is 11.6 Å². The first kappa shape index (κ1) is 12.5. The van der Waals surface area contributed by atoms with E-state index in [-0.39, 0.29) is 10.8 Å². The molecule has 0 aliphatic rings. The average molecular weight is 252 g/mol. The molecule has 0 fully saturated rings. The average Bonchev–Trinajstić information content (AvgIpc) is 2.57. The minimum absolute atomic E-state index is 0.171. The standard InChI is InChI=1S/C9H14ClNO3S/c1-3-4-11-15(12,13)9-5-8(6-10)14-7(9)2/h5,11H,3-4,6H2,1-2H3. The van der Waals surface area contributed by atoms with Crippen molar-refractivity contribution in [3.05, 3.63) is 17.6 Å². The molecule has 6 heteroatoms. The van der Waals surface area contributed by atoms with Crippen molar-refractivity contribution in [2.75, 3.05) is 6.54 Å². The lowest BCUT2D eigenvalue weighted by atomic mass is 10.4. The van der Waals surface area contributed by atoms with Gasteiger partial charge in [-0.05, 0) is 13.3 Å². The van der Waals surface area contributed by atoms with Crippen LogP contribution in [0.25, 0.3) is 0 Å². The van der Waals surface area contributed by atoms with Crippen molar-refractivity contribution < 1.29 is 12.8 Å². The van der Waals surface area contributed by atoms with Crippen LogP contribution in [0.5, 0.6) is 0 Å². The smallest absolute Gasteiger partial charge is 0.244 e. The molecule has 4 nitrogen and oxygen atoms in total. The van der Waals surface area contributed by atoms with E-state index >= 15 is 0 Å². The first-order valence-corrected chi connectivity index (χ1v) is 6.68. The van der Waals surface area contributed by atoms with Crippen LogP contribution in [0.1, 0.15) is 24.9 Å². The van der Waals surface area contributed by atoms with Crippen LogP contribution in [0.4, 0.5) is 0 Å². The van der Waals surface area contributed by atoms with Crippen molar-refractivity contribution in [1.29, 1.82) is 0 Å². The summed E-state index contributed by atoms with van der Waals surface area (Å²) < 4.78 is 31.1. The van der Waals surface area contributed by atoms with Gasteiger partial charge in [0.05, 0.1) is 5.88 Å². The molecule has 1 aromatic heterocycles. The summed E-state index contributed by atoms with van der Waals surface area (Å²) in [6.45, 7) is 3.93. The third-order valence-electron chi connectivity index (χ3n) is 1.89. The maximum Gasteiger partial charge on any atom is 0.244 e. The van der Waals surface area contributed by atoms with E-state index in [9.17, 15) is 8.42 Å². The topological polar surface area (TPSA) is 59.3 Å². The summed E-state index contributed by atoms with van der Waals surface area (Å²) in [4.78, 5) is 0.173. The lowest BCUT2D eigenvalue weighted by molar-refractivity contribution is 0.491. The fourth-order valence-electron chi connectivity index (χ4n) is 1.17. The molecule has 0 bridgehead atoms. The van der Waals surface area contributed by atoms with Gasteiger partial charge in [0, 0.05) is 12.6 Å². The molecule has 0 amide bonds. The number of sulfonamides is 1. The van der Waals surface area contributed by atoms with Gasteiger partial charge in [-0.25, -0.2) is 13.1 Å². The minimum atomic E-state index is -3.44. The van der Waals surface area contributed by atoms with Gasteiger partial charge in [-0.1, -0.05) is 6.92 Å². The molecule has 1 aromatic rings. The summed E-state index contributed by atoms with van der Waals surface area (Å²) in [6, 6.07) is 1.46. The molecule has 0 atom stereocenters. The molecule has 0 aliphatic carbocycles. The summed E-state index contributed by atoms with van der Waals surface area (Å²) in [5.41, 5.74) is 0. The summed E-state index contributed by atoms with van der Waals surface area (Å²) >= 11 is 5.56. The van der Waals surface area contributed by atoms with E-state index in [1.165, 1.54) is 6.07 Å². The molecule has 15 heavy (non-hydrogen) atoms. The highest BCUT2D eigenvalue weighted by molar-refractivity contribution is 7.89. The first-order chi connectivity index (χ1) is 7.01. The number of hydrogen-bond donors (Lipinski definition) is 1. The lowest BCUT2D eigenvalue weighted by Crippen LogP contribution is -2.24. The summed E-state index contributed by atoms with van der Waals surface area (Å²) in [6.07, 6.45) is 0.749. The second-order valence-corrected chi connectivity index (χ2v) is 5.17. The Morgan fingerprint density at radius 2 is 2.20 bits per heavy atom. The quantitative estimate of drug-likeness (QED) is 0.815. The Balaban J connectivity index is 2.99. The summed E-state index contributed by atoms with van der Waals surface area (Å²) in [7, 11) is -3.44. The van der Waals surface area contributed by atoms with Gasteiger partial charge in [-0.15, -0.1) is 11.6 Å². The van der Waals surface area contributed by atoms with Crippen molar-refractivity contribution in [3.8, 4) is 0 Å². The molecule has 0 saturated heterocycles. The Bertz CT molecular complexity index is 425. The summed E-state index contributed by atoms with van der Waals surface area (Å²) in [5, 5.41) is 0. The third kappa shape index (κ3) is 2.96. The van der Waals surface area contributed by atoms with Gasteiger partial charge in [0.25, 0.3) is 0 Å². The Morgan fingerprint density at radius 3 is 2.67 bits per heavy atom. The number of rotatable bonds is 5. The molecule has 0 unspecified atom stereocenters. The number of nitrogens with one attached hydrogen (secondary N) is 1. The van der Waals surface area contributed by atoms with Crippen molar-refractivity contribution in [2.24, 2.45) is 0 Å². The molecule has 0 radical (unpaired) electrons. The van der Waals surface area contributed by atoms with Crippen LogP contribution in [-0.4, -0.2) is 15.0 Å². The Kier molecular flexibility index (Phi) is 4.19. The fraction of sp³-hybridized carbons (Fsp3) is 0.556. The highest BCUT2D eigenvalue weighted by Crippen LogP contribution is 2.20. The third-order valence-corrected chi connectivity index (χ3v) is 3.72. The van der Waals surface area contributed by atoms with E-state index in [1.807, 2.05) is 6.92 Å². The van der Waals surface area contributed by atoms with Crippen LogP contribution in [0.2, 0.25) is 0 Å². The molecule has 0 aliphatic heterocycles. The van der Waals surface area contributed by atoms with Crippen LogP contribution in [0, 0.1) is 6.92 Å². The predicted octanol–water partition coefficient (Wildman–Crippen LogP) is 2.02. The zero-order valence-corrected chi connectivity index (χ0v) is 10.3. The van der Waals surface area contributed by atoms with Crippen molar-refractivity contribution in [1.82, 2.24) is 4.72 Å². The first-order valence-electron chi connectivity index (χ1n) is 4.66. The molecular weight excluding hydrogens is 238 g/mol. The van der Waals surface area contributed by atoms with Gasteiger partial charge < -0.3 is 4.42 Å². The highest BCUT2D eigenvalue weighted by Gasteiger charge is 2.20. The van der Waals surface area contributed by atoms with Crippen LogP contribution in [0.3, 0.4) is 0 Å². The number of hydrogen-bond acceptors (Lipinski definition) is 3. The van der Waals surface area contributed by atoms with E-state index in [2.05, 4.69) is 4.72 Å². The molecule has 86 valence electrons. The maximum atomic E-state index is 11.7. The molecule has 1 rings (SSSR count). The highest BCUT2D eigenvalue weighted by atomic mass is 35.5. The summed E-state index contributed by atoms with van der Waals surface area (Å²) in [5.74, 6) is 1.00. The molecule has 1 N–H and O–H groups in total. The van der Waals surface area contributed by atoms with Crippen molar-refractivity contribution in [2.45, 2.75) is 31.0 Å². The number of halogens is 1. The monoisotopic (exact) mass is 251 g/mol. The van der Waals surface area contributed by atoms with E-state index in [0.717, 1.165) is 6.42 Å². The number of aryl methyl sites for hydroxylation is 1. The van der Waals surface area contributed by atoms with Gasteiger partial charge in [-0.2, -0.15) is 0 Å². The molecule has 0 saturated carbocycles. The predicted molar refractivity (Wildman–Crippen MR) is 58.5 cm³/mol. The van der Waals surface area contributed by atoms with E-state index < -0.39 is 10.0 Å². The number of alkyl halides is 1. The SMILES string of the molecule is CCCNS(=O)(=O)c1cc(CCl)oc1C. The second kappa shape index (κ2) is 5.01. The zero-order valence-electron chi connectivity index (χ0n) is 8.71. The lowest BCUT2D eigenvalue weighted by Gasteiger charge is -2.02. The van der Waals surface area contributed by atoms with Crippen LogP contribution < -0.4 is 4.72 Å². The largest absolute Gasteiger partial charge is 0.464 e. The molecular formula is C9H14ClNO3S. The maximum absolute atomic E-state index is 11.7. The number of furan rings is 1. The van der Waals surface area contributed by atoms with Crippen molar-refractivity contribution >= 4 is 21.6 Å². The van der Waals surface area contributed by atoms with Gasteiger partial charge in [0.1, 0.15) is 16.4 Å². The van der Waals surface area contributed by atoms with Crippen LogP contribution in [-0.2, 0) is 15.9 Å². The van der Waals surface area contributed by atoms with Gasteiger partial charge in [0.15, 0.2) is 0 Å². The van der Waals surface area contributed by atoms with Gasteiger partial charge in [-0.3, -0.25) is 0 Å². The second-order valence-electron chi connectivity index (χ2n) is 3.16.